The molecule has 8 heteroatoms. The van der Waals surface area contributed by atoms with Crippen molar-refractivity contribution in [2.75, 3.05) is 5.12 Å². The van der Waals surface area contributed by atoms with Crippen LogP contribution >= 0.6 is 0 Å². The second-order valence-electron chi connectivity index (χ2n) is 3.30. The number of rotatable bonds is 4. The topological polar surface area (TPSA) is 149 Å². The number of anilines is 1. The number of hydrogen-bond acceptors (Lipinski definition) is 7. The molecule has 96 valence electrons. The highest BCUT2D eigenvalue weighted by Crippen LogP contribution is 2.14. The molecule has 1 aromatic rings. The number of para-hydroxylation sites is 1. The van der Waals surface area contributed by atoms with Crippen molar-refractivity contribution in [2.45, 2.75) is 0 Å². The zero-order valence-electron chi connectivity index (χ0n) is 10.1. The van der Waals surface area contributed by atoms with Crippen LogP contribution in [0.1, 0.15) is 0 Å². The van der Waals surface area contributed by atoms with Crippen LogP contribution in [0, 0.1) is 39.5 Å². The Kier molecular flexibility index (Phi) is 4.95. The molecule has 0 heterocycles. The van der Waals surface area contributed by atoms with E-state index in [1.54, 1.807) is 48.5 Å². The van der Waals surface area contributed by atoms with Crippen LogP contribution in [0.15, 0.2) is 51.9 Å². The summed E-state index contributed by atoms with van der Waals surface area (Å²) >= 11 is 0. The van der Waals surface area contributed by atoms with Gasteiger partial charge in [0.15, 0.2) is 11.3 Å². The summed E-state index contributed by atoms with van der Waals surface area (Å²) in [6.45, 7) is 0. The maximum atomic E-state index is 8.98. The first kappa shape index (κ1) is 14.4. The van der Waals surface area contributed by atoms with Crippen LogP contribution in [-0.4, -0.2) is 5.71 Å². The monoisotopic (exact) mass is 264 g/mol. The van der Waals surface area contributed by atoms with E-state index in [4.69, 9.17) is 27.1 Å². The fourth-order valence-electron chi connectivity index (χ4n) is 1.19. The highest BCUT2D eigenvalue weighted by molar-refractivity contribution is 6.12. The van der Waals surface area contributed by atoms with E-state index in [2.05, 4.69) is 10.3 Å². The molecular weight excluding hydrogens is 256 g/mol. The molecule has 1 rings (SSSR count). The van der Waals surface area contributed by atoms with Crippen molar-refractivity contribution >= 4 is 11.4 Å². The zero-order valence-corrected chi connectivity index (χ0v) is 10.1. The molecule has 0 aliphatic rings. The lowest BCUT2D eigenvalue weighted by atomic mass is 10.2. The van der Waals surface area contributed by atoms with Crippen LogP contribution in [0.5, 0.6) is 0 Å². The Hall–Kier alpha value is -3.70. The van der Waals surface area contributed by atoms with Gasteiger partial charge in [-0.25, -0.2) is 0 Å². The largest absolute Gasteiger partial charge is 0.395 e. The molecule has 20 heavy (non-hydrogen) atoms. The molecule has 1 aromatic carbocycles. The van der Waals surface area contributed by atoms with Crippen molar-refractivity contribution in [3.8, 4) is 18.2 Å². The molecule has 8 nitrogen and oxygen atoms in total. The lowest BCUT2D eigenvalue weighted by molar-refractivity contribution is 0.821. The fourth-order valence-corrected chi connectivity index (χ4v) is 1.19. The van der Waals surface area contributed by atoms with Crippen LogP contribution in [0.25, 0.3) is 0 Å². The van der Waals surface area contributed by atoms with Gasteiger partial charge in [0.05, 0.1) is 11.4 Å². The van der Waals surface area contributed by atoms with Gasteiger partial charge in [0, 0.05) is 0 Å². The molecule has 0 fully saturated rings. The maximum absolute atomic E-state index is 8.98. The Labute approximate surface area is 114 Å². The van der Waals surface area contributed by atoms with Crippen LogP contribution in [0.4, 0.5) is 5.69 Å². The van der Waals surface area contributed by atoms with E-state index in [0.717, 1.165) is 5.12 Å². The first-order valence-corrected chi connectivity index (χ1v) is 5.19. The molecule has 0 bridgehead atoms. The van der Waals surface area contributed by atoms with E-state index in [9.17, 15) is 0 Å². The lowest BCUT2D eigenvalue weighted by Crippen LogP contribution is -2.17. The van der Waals surface area contributed by atoms with E-state index in [1.807, 2.05) is 0 Å². The molecule has 0 aliphatic carbocycles. The molecule has 0 unspecified atom stereocenters. The molecule has 3 N–H and O–H groups in total. The van der Waals surface area contributed by atoms with Gasteiger partial charge in [-0.05, 0) is 12.1 Å². The molecule has 0 amide bonds. The number of nitrogens with zero attached hydrogens (tertiary/aromatic N) is 6. The number of hydrazone groups is 1. The predicted octanol–water partition coefficient (Wildman–Crippen LogP) is 1.58. The van der Waals surface area contributed by atoms with Gasteiger partial charge in [0.2, 0.25) is 0 Å². The highest BCUT2D eigenvalue weighted by atomic mass is 15.7. The highest BCUT2D eigenvalue weighted by Gasteiger charge is 2.12. The Morgan fingerprint density at radius 3 is 2.15 bits per heavy atom. The Morgan fingerprint density at radius 2 is 1.70 bits per heavy atom. The summed E-state index contributed by atoms with van der Waals surface area (Å²) in [5.41, 5.74) is 11.8. The van der Waals surface area contributed by atoms with E-state index >= 15 is 0 Å². The number of allylic oxidation sites excluding steroid dienone is 2. The van der Waals surface area contributed by atoms with Crippen LogP contribution < -0.4 is 10.9 Å². The Bertz CT molecular complexity index is 665. The summed E-state index contributed by atoms with van der Waals surface area (Å²) in [6.07, 6.45) is 0. The van der Waals surface area contributed by atoms with Gasteiger partial charge in [-0.1, -0.05) is 23.4 Å². The van der Waals surface area contributed by atoms with Crippen molar-refractivity contribution in [3.63, 3.8) is 0 Å². The summed E-state index contributed by atoms with van der Waals surface area (Å²) in [4.78, 5) is 0. The fraction of sp³-hybridized carbons (Fsp3) is 0. The number of benzene rings is 1. The van der Waals surface area contributed by atoms with E-state index in [-0.39, 0.29) is 11.4 Å². The minimum atomic E-state index is -0.428. The predicted molar refractivity (Wildman–Crippen MR) is 69.6 cm³/mol. The zero-order chi connectivity index (χ0) is 15.0. The van der Waals surface area contributed by atoms with E-state index < -0.39 is 5.57 Å². The van der Waals surface area contributed by atoms with Crippen molar-refractivity contribution in [1.82, 2.24) is 0 Å². The summed E-state index contributed by atoms with van der Waals surface area (Å²) in [6, 6.07) is 13.2. The summed E-state index contributed by atoms with van der Waals surface area (Å²) in [7, 11) is 0. The molecule has 0 aromatic heterocycles. The second kappa shape index (κ2) is 6.90. The second-order valence-corrected chi connectivity index (χ2v) is 3.30. The first-order chi connectivity index (χ1) is 9.67. The van der Waals surface area contributed by atoms with Crippen molar-refractivity contribution in [1.29, 1.82) is 21.3 Å². The van der Waals surface area contributed by atoms with E-state index in [0.29, 0.717) is 5.69 Å². The van der Waals surface area contributed by atoms with Gasteiger partial charge in [-0.15, -0.1) is 10.2 Å². The number of nitrogens with two attached hydrogens (primary N) is 1. The normalized spacial score (nSPS) is 9.55. The number of hydrogen-bond donors (Lipinski definition) is 2. The third-order valence-corrected chi connectivity index (χ3v) is 2.13. The van der Waals surface area contributed by atoms with Crippen molar-refractivity contribution in [2.24, 2.45) is 16.1 Å². The molecule has 0 saturated carbocycles. The lowest BCUT2D eigenvalue weighted by Gasteiger charge is -2.11. The van der Waals surface area contributed by atoms with Gasteiger partial charge in [-0.3, -0.25) is 0 Å². The van der Waals surface area contributed by atoms with Crippen molar-refractivity contribution < 1.29 is 0 Å². The van der Waals surface area contributed by atoms with Crippen molar-refractivity contribution in [3.05, 3.63) is 41.6 Å². The quantitative estimate of drug-likeness (QED) is 0.366. The van der Waals surface area contributed by atoms with Crippen LogP contribution in [-0.2, 0) is 0 Å². The van der Waals surface area contributed by atoms with Gasteiger partial charge in [0.25, 0.3) is 0 Å². The summed E-state index contributed by atoms with van der Waals surface area (Å²) < 4.78 is 0. The SMILES string of the molecule is N#CC(=NN(N=N)c1ccccc1)C(N)=C(C#N)C#N. The molecule has 0 spiro atoms. The minimum Gasteiger partial charge on any atom is -0.395 e. The molecule has 0 saturated heterocycles. The van der Waals surface area contributed by atoms with Crippen LogP contribution in [0.2, 0.25) is 0 Å². The van der Waals surface area contributed by atoms with Gasteiger partial charge < -0.3 is 5.73 Å². The molecule has 0 aliphatic heterocycles. The third-order valence-electron chi connectivity index (χ3n) is 2.13. The molecule has 0 atom stereocenters. The summed E-state index contributed by atoms with van der Waals surface area (Å²) in [5, 5.41) is 34.1. The van der Waals surface area contributed by atoms with E-state index in [1.165, 1.54) is 0 Å². The molecule has 0 radical (unpaired) electrons. The Morgan fingerprint density at radius 1 is 1.10 bits per heavy atom. The number of nitriles is 3. The average Bonchev–Trinajstić information content (AvgIpc) is 2.50. The Balaban J connectivity index is 3.29. The smallest absolute Gasteiger partial charge is 0.188 e. The van der Waals surface area contributed by atoms with Gasteiger partial charge >= 0.3 is 0 Å². The summed E-state index contributed by atoms with van der Waals surface area (Å²) in [5.74, 6) is 0. The first-order valence-electron chi connectivity index (χ1n) is 5.19. The maximum Gasteiger partial charge on any atom is 0.188 e. The molecular formula is C12H8N8. The average molecular weight is 264 g/mol. The standard InChI is InChI=1S/C12H8N8/c13-6-9(7-14)12(16)11(8-15)18-20(19-17)10-4-2-1-3-5-10/h1-5,17H,16H2. The number of nitrogens with one attached hydrogen (secondary N) is 1. The van der Waals surface area contributed by atoms with Gasteiger partial charge in [0.1, 0.15) is 18.2 Å². The minimum absolute atomic E-state index is 0.359. The van der Waals surface area contributed by atoms with Crippen LogP contribution in [0.3, 0.4) is 0 Å². The van der Waals surface area contributed by atoms with Gasteiger partial charge in [-0.2, -0.15) is 21.3 Å². The third kappa shape index (κ3) is 3.16.